The van der Waals surface area contributed by atoms with Crippen molar-refractivity contribution in [2.45, 2.75) is 39.0 Å². The third kappa shape index (κ3) is 5.95. The van der Waals surface area contributed by atoms with Crippen molar-refractivity contribution < 1.29 is 23.8 Å². The SMILES string of the molecule is Cc1c(OCc2cnco2)ccc2c1CCN(C[C@@H](O)CNC(=O)c1cccc(CC3COC3)c1)C2. The number of carbonyl (C=O) groups excluding carboxylic acids is 1. The van der Waals surface area contributed by atoms with Gasteiger partial charge in [-0.2, -0.15) is 0 Å². The van der Waals surface area contributed by atoms with Gasteiger partial charge in [-0.15, -0.1) is 0 Å². The second kappa shape index (κ2) is 11.2. The van der Waals surface area contributed by atoms with E-state index in [0.29, 0.717) is 30.4 Å². The molecule has 0 saturated carbocycles. The molecule has 0 aliphatic carbocycles. The molecule has 0 bridgehead atoms. The third-order valence-corrected chi connectivity index (χ3v) is 6.96. The number of hydrogen-bond donors (Lipinski definition) is 2. The zero-order valence-corrected chi connectivity index (χ0v) is 20.6. The van der Waals surface area contributed by atoms with Crippen LogP contribution < -0.4 is 10.1 Å². The van der Waals surface area contributed by atoms with Gasteiger partial charge < -0.3 is 24.3 Å². The lowest BCUT2D eigenvalue weighted by Crippen LogP contribution is -2.42. The molecule has 3 heterocycles. The quantitative estimate of drug-likeness (QED) is 0.450. The fraction of sp³-hybridized carbons (Fsp3) is 0.429. The Morgan fingerprint density at radius 3 is 2.97 bits per heavy atom. The Hall–Kier alpha value is -3.20. The van der Waals surface area contributed by atoms with Crippen molar-refractivity contribution in [1.82, 2.24) is 15.2 Å². The van der Waals surface area contributed by atoms with Crippen molar-refractivity contribution in [2.75, 3.05) is 32.8 Å². The lowest BCUT2D eigenvalue weighted by molar-refractivity contribution is -0.0312. The van der Waals surface area contributed by atoms with Gasteiger partial charge in [0.25, 0.3) is 5.91 Å². The molecular formula is C28H33N3O5. The van der Waals surface area contributed by atoms with Gasteiger partial charge in [0.05, 0.1) is 25.5 Å². The number of nitrogens with one attached hydrogen (secondary N) is 1. The molecule has 0 unspecified atom stereocenters. The van der Waals surface area contributed by atoms with E-state index in [4.69, 9.17) is 13.9 Å². The molecule has 5 rings (SSSR count). The normalized spacial score (nSPS) is 16.7. The summed E-state index contributed by atoms with van der Waals surface area (Å²) in [6.07, 6.45) is 4.23. The Bertz CT molecular complexity index is 1180. The lowest BCUT2D eigenvalue weighted by Gasteiger charge is -2.31. The van der Waals surface area contributed by atoms with E-state index >= 15 is 0 Å². The molecule has 36 heavy (non-hydrogen) atoms. The summed E-state index contributed by atoms with van der Waals surface area (Å²) in [5.74, 6) is 1.93. The topological polar surface area (TPSA) is 97.1 Å². The van der Waals surface area contributed by atoms with Crippen molar-refractivity contribution in [3.8, 4) is 5.75 Å². The van der Waals surface area contributed by atoms with Crippen molar-refractivity contribution in [3.05, 3.63) is 82.6 Å². The highest BCUT2D eigenvalue weighted by Gasteiger charge is 2.22. The summed E-state index contributed by atoms with van der Waals surface area (Å²) in [7, 11) is 0. The van der Waals surface area contributed by atoms with E-state index in [1.54, 1.807) is 6.20 Å². The smallest absolute Gasteiger partial charge is 0.251 e. The van der Waals surface area contributed by atoms with Crippen LogP contribution >= 0.6 is 0 Å². The summed E-state index contributed by atoms with van der Waals surface area (Å²) in [5.41, 5.74) is 5.47. The minimum atomic E-state index is -0.642. The molecule has 0 radical (unpaired) electrons. The molecule has 8 heteroatoms. The van der Waals surface area contributed by atoms with Crippen molar-refractivity contribution in [3.63, 3.8) is 0 Å². The second-order valence-corrected chi connectivity index (χ2v) is 9.74. The van der Waals surface area contributed by atoms with E-state index in [0.717, 1.165) is 56.0 Å². The van der Waals surface area contributed by atoms with Crippen LogP contribution in [-0.2, 0) is 30.7 Å². The molecule has 3 aromatic rings. The third-order valence-electron chi connectivity index (χ3n) is 6.96. The van der Waals surface area contributed by atoms with Gasteiger partial charge in [0.2, 0.25) is 0 Å². The van der Waals surface area contributed by atoms with Crippen LogP contribution in [0.4, 0.5) is 0 Å². The molecular weight excluding hydrogens is 458 g/mol. The van der Waals surface area contributed by atoms with E-state index in [-0.39, 0.29) is 12.5 Å². The highest BCUT2D eigenvalue weighted by Crippen LogP contribution is 2.30. The molecule has 2 N–H and O–H groups in total. The number of aliphatic hydroxyl groups is 1. The number of ether oxygens (including phenoxy) is 2. The number of β-amino-alcohol motifs (C(OH)–C–C–N with tert-alkyl or cyclic N) is 1. The molecule has 1 aromatic heterocycles. The number of nitrogens with zero attached hydrogens (tertiary/aromatic N) is 2. The summed E-state index contributed by atoms with van der Waals surface area (Å²) in [4.78, 5) is 18.8. The largest absolute Gasteiger partial charge is 0.485 e. The average Bonchev–Trinajstić information content (AvgIpc) is 3.38. The van der Waals surface area contributed by atoms with Crippen molar-refractivity contribution in [1.29, 1.82) is 0 Å². The van der Waals surface area contributed by atoms with E-state index in [1.165, 1.54) is 17.5 Å². The number of rotatable bonds is 10. The first-order chi connectivity index (χ1) is 17.5. The Morgan fingerprint density at radius 2 is 2.19 bits per heavy atom. The number of fused-ring (bicyclic) bond motifs is 1. The number of amides is 1. The van der Waals surface area contributed by atoms with Gasteiger partial charge in [-0.05, 0) is 60.2 Å². The fourth-order valence-electron chi connectivity index (χ4n) is 4.90. The molecule has 1 amide bonds. The molecule has 2 aliphatic heterocycles. The van der Waals surface area contributed by atoms with Gasteiger partial charge in [-0.1, -0.05) is 18.2 Å². The maximum Gasteiger partial charge on any atom is 0.251 e. The maximum absolute atomic E-state index is 12.6. The van der Waals surface area contributed by atoms with Crippen molar-refractivity contribution >= 4 is 5.91 Å². The van der Waals surface area contributed by atoms with Crippen LogP contribution in [0.5, 0.6) is 5.75 Å². The van der Waals surface area contributed by atoms with E-state index in [9.17, 15) is 9.90 Å². The number of hydrogen-bond acceptors (Lipinski definition) is 7. The van der Waals surface area contributed by atoms with E-state index < -0.39 is 6.10 Å². The van der Waals surface area contributed by atoms with Crippen LogP contribution in [-0.4, -0.2) is 59.8 Å². The first-order valence-corrected chi connectivity index (χ1v) is 12.5. The summed E-state index contributed by atoms with van der Waals surface area (Å²) >= 11 is 0. The molecule has 0 spiro atoms. The summed E-state index contributed by atoms with van der Waals surface area (Å²) in [6.45, 7) is 6.35. The molecule has 2 aromatic carbocycles. The van der Waals surface area contributed by atoms with E-state index in [2.05, 4.69) is 28.2 Å². The van der Waals surface area contributed by atoms with Gasteiger partial charge in [0, 0.05) is 37.7 Å². The van der Waals surface area contributed by atoms with Crippen LogP contribution in [0.2, 0.25) is 0 Å². The Kier molecular flexibility index (Phi) is 7.65. The number of aromatic nitrogens is 1. The fourth-order valence-corrected chi connectivity index (χ4v) is 4.90. The van der Waals surface area contributed by atoms with Gasteiger partial charge >= 0.3 is 0 Å². The first-order valence-electron chi connectivity index (χ1n) is 12.5. The predicted molar refractivity (Wildman–Crippen MR) is 134 cm³/mol. The second-order valence-electron chi connectivity index (χ2n) is 9.74. The van der Waals surface area contributed by atoms with Crippen LogP contribution in [0.1, 0.15) is 38.4 Å². The Labute approximate surface area is 211 Å². The van der Waals surface area contributed by atoms with Crippen LogP contribution in [0, 0.1) is 12.8 Å². The number of oxazole rings is 1. The maximum atomic E-state index is 12.6. The molecule has 2 aliphatic rings. The number of benzene rings is 2. The minimum absolute atomic E-state index is 0.154. The van der Waals surface area contributed by atoms with Gasteiger partial charge in [0.15, 0.2) is 12.2 Å². The predicted octanol–water partition coefficient (Wildman–Crippen LogP) is 2.90. The molecule has 1 fully saturated rings. The average molecular weight is 492 g/mol. The zero-order chi connectivity index (χ0) is 24.9. The van der Waals surface area contributed by atoms with Gasteiger partial charge in [-0.3, -0.25) is 9.69 Å². The highest BCUT2D eigenvalue weighted by atomic mass is 16.5. The summed E-state index contributed by atoms with van der Waals surface area (Å²) in [5, 5.41) is 13.5. The molecule has 8 nitrogen and oxygen atoms in total. The molecule has 1 saturated heterocycles. The summed E-state index contributed by atoms with van der Waals surface area (Å²) < 4.78 is 16.4. The zero-order valence-electron chi connectivity index (χ0n) is 20.6. The Balaban J connectivity index is 1.10. The Morgan fingerprint density at radius 1 is 1.31 bits per heavy atom. The molecule has 1 atom stereocenters. The minimum Gasteiger partial charge on any atom is -0.485 e. The molecule has 190 valence electrons. The van der Waals surface area contributed by atoms with Gasteiger partial charge in [0.1, 0.15) is 12.4 Å². The summed E-state index contributed by atoms with van der Waals surface area (Å²) in [6, 6.07) is 11.8. The van der Waals surface area contributed by atoms with Crippen LogP contribution in [0.15, 0.2) is 53.4 Å². The lowest BCUT2D eigenvalue weighted by atomic mass is 9.94. The van der Waals surface area contributed by atoms with Crippen LogP contribution in [0.3, 0.4) is 0 Å². The number of aliphatic hydroxyl groups excluding tert-OH is 1. The first kappa shape index (κ1) is 24.5. The number of carbonyl (C=O) groups is 1. The standard InChI is InChI=1S/C28H33N3O5/c1-19-26-7-8-31(13-23(26)5-6-27(19)35-17-25-12-29-18-36-25)14-24(32)11-30-28(33)22-4-2-3-20(10-22)9-21-15-34-16-21/h2-6,10,12,18,21,24,32H,7-9,11,13-17H2,1H3,(H,30,33)/t24-/m0/s1. The van der Waals surface area contributed by atoms with E-state index in [1.807, 2.05) is 30.3 Å². The van der Waals surface area contributed by atoms with Crippen LogP contribution in [0.25, 0.3) is 0 Å². The highest BCUT2D eigenvalue weighted by molar-refractivity contribution is 5.94. The van der Waals surface area contributed by atoms with Gasteiger partial charge in [-0.25, -0.2) is 4.98 Å². The van der Waals surface area contributed by atoms with Crippen molar-refractivity contribution in [2.24, 2.45) is 5.92 Å². The monoisotopic (exact) mass is 491 g/mol.